The van der Waals surface area contributed by atoms with Gasteiger partial charge in [0.25, 0.3) is 5.88 Å². The third kappa shape index (κ3) is 5.22. The Bertz CT molecular complexity index is 334. The van der Waals surface area contributed by atoms with Crippen LogP contribution >= 0.6 is 11.6 Å². The van der Waals surface area contributed by atoms with Gasteiger partial charge in [-0.2, -0.15) is 0 Å². The van der Waals surface area contributed by atoms with Crippen molar-refractivity contribution in [2.75, 3.05) is 13.2 Å². The van der Waals surface area contributed by atoms with Crippen LogP contribution in [0.1, 0.15) is 39.5 Å². The molecule has 0 atom stereocenters. The smallest absolute Gasteiger partial charge is 0.252 e. The second-order valence-electron chi connectivity index (χ2n) is 3.74. The van der Waals surface area contributed by atoms with Gasteiger partial charge >= 0.3 is 0 Å². The van der Waals surface area contributed by atoms with Crippen molar-refractivity contribution in [3.05, 3.63) is 11.1 Å². The van der Waals surface area contributed by atoms with Crippen molar-refractivity contribution in [3.8, 4) is 11.8 Å². The number of ether oxygens (including phenoxy) is 2. The molecule has 0 bridgehead atoms. The topological polar surface area (TPSA) is 44.2 Å². The van der Waals surface area contributed by atoms with Crippen molar-refractivity contribution >= 4 is 11.6 Å². The van der Waals surface area contributed by atoms with E-state index < -0.39 is 0 Å². The van der Waals surface area contributed by atoms with E-state index in [4.69, 9.17) is 21.1 Å². The Labute approximate surface area is 107 Å². The molecule has 0 aliphatic carbocycles. The Hall–Kier alpha value is -1.03. The predicted molar refractivity (Wildman–Crippen MR) is 67.8 cm³/mol. The van der Waals surface area contributed by atoms with Crippen LogP contribution in [0.2, 0.25) is 5.02 Å². The maximum atomic E-state index is 6.01. The summed E-state index contributed by atoms with van der Waals surface area (Å²) in [6.45, 7) is 5.45. The largest absolute Gasteiger partial charge is 0.477 e. The molecule has 96 valence electrons. The van der Waals surface area contributed by atoms with Crippen molar-refractivity contribution < 1.29 is 9.47 Å². The summed E-state index contributed by atoms with van der Waals surface area (Å²) < 4.78 is 10.8. The van der Waals surface area contributed by atoms with Gasteiger partial charge < -0.3 is 9.47 Å². The minimum Gasteiger partial charge on any atom is -0.477 e. The number of hydrogen-bond donors (Lipinski definition) is 0. The summed E-state index contributed by atoms with van der Waals surface area (Å²) in [6.07, 6.45) is 4.13. The van der Waals surface area contributed by atoms with Gasteiger partial charge in [-0.3, -0.25) is 0 Å². The first-order valence-corrected chi connectivity index (χ1v) is 6.44. The average Bonchev–Trinajstić information content (AvgIpc) is 2.32. The number of rotatable bonds is 8. The highest BCUT2D eigenvalue weighted by atomic mass is 35.5. The van der Waals surface area contributed by atoms with Crippen LogP contribution in [0.25, 0.3) is 0 Å². The predicted octanol–water partition coefficient (Wildman–Crippen LogP) is 3.49. The molecule has 4 nitrogen and oxygen atoms in total. The number of unbranched alkanes of at least 4 members (excludes halogenated alkanes) is 2. The Kier molecular flexibility index (Phi) is 6.70. The van der Waals surface area contributed by atoms with Gasteiger partial charge in [-0.1, -0.05) is 38.3 Å². The first kappa shape index (κ1) is 14.0. The second-order valence-corrected chi connectivity index (χ2v) is 4.15. The van der Waals surface area contributed by atoms with E-state index in [9.17, 15) is 0 Å². The van der Waals surface area contributed by atoms with E-state index in [0.29, 0.717) is 30.0 Å². The zero-order valence-corrected chi connectivity index (χ0v) is 11.2. The summed E-state index contributed by atoms with van der Waals surface area (Å²) in [5, 5.41) is 8.25. The normalized spacial score (nSPS) is 10.3. The van der Waals surface area contributed by atoms with Crippen LogP contribution in [0, 0.1) is 0 Å². The van der Waals surface area contributed by atoms with Gasteiger partial charge in [-0.05, 0) is 12.8 Å². The Morgan fingerprint density at radius 2 is 1.71 bits per heavy atom. The quantitative estimate of drug-likeness (QED) is 0.670. The van der Waals surface area contributed by atoms with Crippen molar-refractivity contribution in [1.82, 2.24) is 10.2 Å². The fourth-order valence-corrected chi connectivity index (χ4v) is 1.33. The summed E-state index contributed by atoms with van der Waals surface area (Å²) in [6, 6.07) is 1.64. The van der Waals surface area contributed by atoms with Crippen LogP contribution < -0.4 is 9.47 Å². The molecule has 0 aromatic carbocycles. The Morgan fingerprint density at radius 3 is 2.29 bits per heavy atom. The molecule has 17 heavy (non-hydrogen) atoms. The number of halogens is 1. The molecule has 0 radical (unpaired) electrons. The first-order chi connectivity index (χ1) is 8.27. The van der Waals surface area contributed by atoms with E-state index >= 15 is 0 Å². The summed E-state index contributed by atoms with van der Waals surface area (Å²) in [4.78, 5) is 0. The molecule has 0 N–H and O–H groups in total. The highest BCUT2D eigenvalue weighted by Gasteiger charge is 2.06. The Morgan fingerprint density at radius 1 is 1.06 bits per heavy atom. The molecule has 0 amide bonds. The Balaban J connectivity index is 2.47. The van der Waals surface area contributed by atoms with E-state index in [1.807, 2.05) is 0 Å². The summed E-state index contributed by atoms with van der Waals surface area (Å²) >= 11 is 6.01. The molecule has 0 saturated heterocycles. The van der Waals surface area contributed by atoms with Crippen LogP contribution in [0.15, 0.2) is 6.07 Å². The molecule has 0 saturated carbocycles. The molecular weight excluding hydrogens is 240 g/mol. The van der Waals surface area contributed by atoms with Gasteiger partial charge in [0.05, 0.1) is 13.2 Å². The lowest BCUT2D eigenvalue weighted by molar-refractivity contribution is 0.277. The average molecular weight is 259 g/mol. The number of aromatic nitrogens is 2. The fraction of sp³-hybridized carbons (Fsp3) is 0.667. The number of nitrogens with zero attached hydrogens (tertiary/aromatic N) is 2. The molecule has 0 spiro atoms. The molecule has 5 heteroatoms. The molecule has 0 aliphatic rings. The second kappa shape index (κ2) is 8.12. The molecule has 0 unspecified atom stereocenters. The van der Waals surface area contributed by atoms with Gasteiger partial charge in [-0.25, -0.2) is 0 Å². The molecule has 1 rings (SSSR count). The minimum absolute atomic E-state index is 0.378. The molecule has 0 fully saturated rings. The van der Waals surface area contributed by atoms with E-state index in [-0.39, 0.29) is 0 Å². The third-order valence-corrected chi connectivity index (χ3v) is 2.45. The minimum atomic E-state index is 0.378. The number of hydrogen-bond acceptors (Lipinski definition) is 4. The van der Waals surface area contributed by atoms with E-state index in [0.717, 1.165) is 25.7 Å². The molecule has 1 heterocycles. The zero-order chi connectivity index (χ0) is 12.5. The van der Waals surface area contributed by atoms with Crippen LogP contribution in [0.3, 0.4) is 0 Å². The van der Waals surface area contributed by atoms with Gasteiger partial charge in [0.1, 0.15) is 5.02 Å². The van der Waals surface area contributed by atoms with Crippen molar-refractivity contribution in [1.29, 1.82) is 0 Å². The lowest BCUT2D eigenvalue weighted by Crippen LogP contribution is -2.03. The van der Waals surface area contributed by atoms with Gasteiger partial charge in [-0.15, -0.1) is 10.2 Å². The lowest BCUT2D eigenvalue weighted by Gasteiger charge is -2.07. The van der Waals surface area contributed by atoms with Crippen LogP contribution in [0.4, 0.5) is 0 Å². The molecule has 1 aromatic heterocycles. The van der Waals surface area contributed by atoms with Crippen molar-refractivity contribution in [3.63, 3.8) is 0 Å². The lowest BCUT2D eigenvalue weighted by atomic mass is 10.4. The standard InChI is InChI=1S/C12H19ClN2O2/c1-3-5-7-16-11-9-10(13)12(15-14-11)17-8-6-4-2/h9H,3-8H2,1-2H3. The molecular formula is C12H19ClN2O2. The van der Waals surface area contributed by atoms with Crippen LogP contribution in [0.5, 0.6) is 11.8 Å². The maximum absolute atomic E-state index is 6.01. The van der Waals surface area contributed by atoms with E-state index in [1.54, 1.807) is 6.07 Å². The van der Waals surface area contributed by atoms with Gasteiger partial charge in [0.15, 0.2) is 0 Å². The summed E-state index contributed by atoms with van der Waals surface area (Å²) in [5.41, 5.74) is 0. The highest BCUT2D eigenvalue weighted by molar-refractivity contribution is 6.31. The van der Waals surface area contributed by atoms with Gasteiger partial charge in [0, 0.05) is 6.07 Å². The maximum Gasteiger partial charge on any atom is 0.252 e. The van der Waals surface area contributed by atoms with E-state index in [2.05, 4.69) is 24.0 Å². The monoisotopic (exact) mass is 258 g/mol. The zero-order valence-electron chi connectivity index (χ0n) is 10.4. The van der Waals surface area contributed by atoms with Crippen molar-refractivity contribution in [2.24, 2.45) is 0 Å². The summed E-state index contributed by atoms with van der Waals surface area (Å²) in [5.74, 6) is 0.828. The molecule has 0 aliphatic heterocycles. The summed E-state index contributed by atoms with van der Waals surface area (Å²) in [7, 11) is 0. The highest BCUT2D eigenvalue weighted by Crippen LogP contribution is 2.24. The fourth-order valence-electron chi connectivity index (χ4n) is 1.14. The van der Waals surface area contributed by atoms with Crippen molar-refractivity contribution in [2.45, 2.75) is 39.5 Å². The van der Waals surface area contributed by atoms with Gasteiger partial charge in [0.2, 0.25) is 5.88 Å². The third-order valence-electron chi connectivity index (χ3n) is 2.18. The molecule has 1 aromatic rings. The van der Waals surface area contributed by atoms with Crippen LogP contribution in [-0.2, 0) is 0 Å². The van der Waals surface area contributed by atoms with E-state index in [1.165, 1.54) is 0 Å². The first-order valence-electron chi connectivity index (χ1n) is 6.06. The van der Waals surface area contributed by atoms with Crippen LogP contribution in [-0.4, -0.2) is 23.4 Å². The SMILES string of the molecule is CCCCOc1cc(Cl)c(OCCCC)nn1.